The number of aromatic nitrogens is 2. The highest BCUT2D eigenvalue weighted by Crippen LogP contribution is 2.45. The number of hydrogen-bond acceptors (Lipinski definition) is 7. The molecule has 0 atom stereocenters. The van der Waals surface area contributed by atoms with E-state index in [0.717, 1.165) is 64.8 Å². The van der Waals surface area contributed by atoms with Gasteiger partial charge in [-0.3, -0.25) is 0 Å². The highest BCUT2D eigenvalue weighted by Gasteiger charge is 2.25. The van der Waals surface area contributed by atoms with Gasteiger partial charge in [0.05, 0.1) is 39.2 Å². The number of nitrogens with zero attached hydrogens (tertiary/aromatic N) is 3. The van der Waals surface area contributed by atoms with Crippen LogP contribution in [0.3, 0.4) is 0 Å². The third-order valence-corrected chi connectivity index (χ3v) is 5.86. The van der Waals surface area contributed by atoms with Gasteiger partial charge in [-0.25, -0.2) is 4.52 Å². The average molecular weight is 434 g/mol. The van der Waals surface area contributed by atoms with Crippen LogP contribution in [0.5, 0.6) is 17.4 Å². The molecule has 7 nitrogen and oxygen atoms in total. The Labute approximate surface area is 182 Å². The summed E-state index contributed by atoms with van der Waals surface area (Å²) in [6.45, 7) is 6.77. The van der Waals surface area contributed by atoms with Crippen molar-refractivity contribution in [2.24, 2.45) is 0 Å². The van der Waals surface area contributed by atoms with Crippen LogP contribution in [0.25, 0.3) is 16.1 Å². The quantitative estimate of drug-likeness (QED) is 0.430. The maximum atomic E-state index is 5.72. The van der Waals surface area contributed by atoms with Crippen molar-refractivity contribution in [3.63, 3.8) is 0 Å². The zero-order chi connectivity index (χ0) is 21.7. The third kappa shape index (κ3) is 4.06. The Kier molecular flexibility index (Phi) is 7.44. The van der Waals surface area contributed by atoms with E-state index in [1.165, 1.54) is 0 Å². The second kappa shape index (κ2) is 10.0. The number of methoxy groups -OCH3 is 4. The molecule has 0 aliphatic heterocycles. The molecule has 0 saturated carbocycles. The van der Waals surface area contributed by atoms with Gasteiger partial charge >= 0.3 is 0 Å². The van der Waals surface area contributed by atoms with Gasteiger partial charge in [0.2, 0.25) is 0 Å². The normalized spacial score (nSPS) is 11.1. The van der Waals surface area contributed by atoms with E-state index in [0.29, 0.717) is 12.5 Å². The summed E-state index contributed by atoms with van der Waals surface area (Å²) in [5.41, 5.74) is 3.80. The smallest absolute Gasteiger partial charge is 0.258 e. The summed E-state index contributed by atoms with van der Waals surface area (Å²) < 4.78 is 24.3. The van der Waals surface area contributed by atoms with Crippen LogP contribution in [0.15, 0.2) is 17.5 Å². The predicted molar refractivity (Wildman–Crippen MR) is 122 cm³/mol. The van der Waals surface area contributed by atoms with Gasteiger partial charge in [-0.1, -0.05) is 13.8 Å². The van der Waals surface area contributed by atoms with Crippen molar-refractivity contribution in [3.8, 4) is 28.6 Å². The van der Waals surface area contributed by atoms with Crippen molar-refractivity contribution in [2.45, 2.75) is 33.3 Å². The maximum Gasteiger partial charge on any atom is 0.258 e. The number of hydrogen-bond donors (Lipinski definition) is 0. The van der Waals surface area contributed by atoms with Crippen molar-refractivity contribution in [1.82, 2.24) is 9.61 Å². The first-order valence-electron chi connectivity index (χ1n) is 10.2. The maximum absolute atomic E-state index is 5.72. The fourth-order valence-electron chi connectivity index (χ4n) is 3.72. The van der Waals surface area contributed by atoms with Crippen LogP contribution < -0.4 is 19.1 Å². The first kappa shape index (κ1) is 22.2. The Morgan fingerprint density at radius 1 is 0.967 bits per heavy atom. The minimum atomic E-state index is 0.481. The summed E-state index contributed by atoms with van der Waals surface area (Å²) >= 11 is 1.65. The minimum Gasteiger partial charge on any atom is -0.496 e. The lowest BCUT2D eigenvalue weighted by Crippen LogP contribution is -2.25. The lowest BCUT2D eigenvalue weighted by Gasteiger charge is -2.22. The molecule has 30 heavy (non-hydrogen) atoms. The van der Waals surface area contributed by atoms with Crippen molar-refractivity contribution >= 4 is 21.9 Å². The van der Waals surface area contributed by atoms with Gasteiger partial charge in [0.1, 0.15) is 22.0 Å². The molecule has 0 aliphatic carbocycles. The minimum absolute atomic E-state index is 0.481. The highest BCUT2D eigenvalue weighted by atomic mass is 32.1. The fourth-order valence-corrected chi connectivity index (χ4v) is 4.73. The lowest BCUT2D eigenvalue weighted by atomic mass is 10.1. The van der Waals surface area contributed by atoms with E-state index in [1.807, 2.05) is 16.6 Å². The molecule has 1 aromatic carbocycles. The molecule has 0 saturated heterocycles. The Hall–Kier alpha value is -2.45. The molecule has 0 aliphatic rings. The number of fused-ring (bicyclic) bond motifs is 1. The van der Waals surface area contributed by atoms with Crippen LogP contribution in [0.4, 0.5) is 5.69 Å². The Balaban J connectivity index is 2.21. The molecule has 3 aromatic rings. The van der Waals surface area contributed by atoms with Crippen molar-refractivity contribution in [2.75, 3.05) is 46.4 Å². The molecule has 8 heteroatoms. The first-order chi connectivity index (χ1) is 14.6. The average Bonchev–Trinajstić information content (AvgIpc) is 3.32. The lowest BCUT2D eigenvalue weighted by molar-refractivity contribution is 0.184. The van der Waals surface area contributed by atoms with Gasteiger partial charge in [-0.2, -0.15) is 0 Å². The molecule has 164 valence electrons. The van der Waals surface area contributed by atoms with Crippen LogP contribution in [0.1, 0.15) is 32.3 Å². The van der Waals surface area contributed by atoms with Crippen LogP contribution in [0.2, 0.25) is 0 Å². The molecule has 3 rings (SSSR count). The summed E-state index contributed by atoms with van der Waals surface area (Å²) in [6.07, 6.45) is 2.11. The fraction of sp³-hybridized carbons (Fsp3) is 0.500. The summed E-state index contributed by atoms with van der Waals surface area (Å²) in [5, 5.41) is 6.88. The van der Waals surface area contributed by atoms with E-state index in [4.69, 9.17) is 24.0 Å². The zero-order valence-corrected chi connectivity index (χ0v) is 19.5. The standard InChI is InChI=1S/C22H31N3O4S/c1-7-9-24(10-8-2)20-21(29-6)23-25-16(14-30-22(20)25)19-17(27-4)11-15(13-26-3)12-18(19)28-5/h11-12,14H,7-10,13H2,1-6H3. The molecule has 0 radical (unpaired) electrons. The summed E-state index contributed by atoms with van der Waals surface area (Å²) in [5.74, 6) is 2.08. The SMILES string of the molecule is CCCN(CCC)c1c(OC)nn2c(-c3c(OC)cc(COC)cc3OC)csc12. The predicted octanol–water partition coefficient (Wildman–Crippen LogP) is 4.86. The molecule has 0 unspecified atom stereocenters. The topological polar surface area (TPSA) is 57.5 Å². The number of ether oxygens (including phenoxy) is 4. The summed E-state index contributed by atoms with van der Waals surface area (Å²) in [7, 11) is 6.67. The summed E-state index contributed by atoms with van der Waals surface area (Å²) in [4.78, 5) is 3.41. The molecule has 0 spiro atoms. The van der Waals surface area contributed by atoms with Crippen LogP contribution in [-0.2, 0) is 11.3 Å². The van der Waals surface area contributed by atoms with Gasteiger partial charge < -0.3 is 23.8 Å². The monoisotopic (exact) mass is 433 g/mol. The molecular formula is C22H31N3O4S. The zero-order valence-electron chi connectivity index (χ0n) is 18.7. The Morgan fingerprint density at radius 3 is 2.10 bits per heavy atom. The second-order valence-electron chi connectivity index (χ2n) is 6.99. The van der Waals surface area contributed by atoms with Crippen molar-refractivity contribution < 1.29 is 18.9 Å². The van der Waals surface area contributed by atoms with E-state index >= 15 is 0 Å². The van der Waals surface area contributed by atoms with E-state index in [2.05, 4.69) is 24.1 Å². The van der Waals surface area contributed by atoms with Gasteiger partial charge in [0, 0.05) is 25.6 Å². The first-order valence-corrected chi connectivity index (χ1v) is 11.0. The Morgan fingerprint density at radius 2 is 1.60 bits per heavy atom. The molecule has 0 amide bonds. The molecule has 0 N–H and O–H groups in total. The van der Waals surface area contributed by atoms with Gasteiger partial charge in [0.15, 0.2) is 0 Å². The molecule has 2 aromatic heterocycles. The second-order valence-corrected chi connectivity index (χ2v) is 7.85. The molecule has 0 bridgehead atoms. The number of benzene rings is 1. The third-order valence-electron chi connectivity index (χ3n) is 4.93. The molecule has 0 fully saturated rings. The molecule has 2 heterocycles. The van der Waals surface area contributed by atoms with E-state index in [-0.39, 0.29) is 0 Å². The number of rotatable bonds is 11. The van der Waals surface area contributed by atoms with Gasteiger partial charge in [-0.05, 0) is 30.5 Å². The van der Waals surface area contributed by atoms with E-state index in [1.54, 1.807) is 39.8 Å². The van der Waals surface area contributed by atoms with Crippen molar-refractivity contribution in [1.29, 1.82) is 0 Å². The highest BCUT2D eigenvalue weighted by molar-refractivity contribution is 7.16. The van der Waals surface area contributed by atoms with Crippen LogP contribution in [0, 0.1) is 0 Å². The largest absolute Gasteiger partial charge is 0.496 e. The number of thiazole rings is 1. The van der Waals surface area contributed by atoms with Crippen LogP contribution >= 0.6 is 11.3 Å². The summed E-state index contributed by atoms with van der Waals surface area (Å²) in [6, 6.07) is 3.96. The number of anilines is 1. The van der Waals surface area contributed by atoms with Crippen LogP contribution in [-0.4, -0.2) is 51.1 Å². The van der Waals surface area contributed by atoms with E-state index < -0.39 is 0 Å². The van der Waals surface area contributed by atoms with Crippen molar-refractivity contribution in [3.05, 3.63) is 23.1 Å². The van der Waals surface area contributed by atoms with E-state index in [9.17, 15) is 0 Å². The van der Waals surface area contributed by atoms with Gasteiger partial charge in [-0.15, -0.1) is 16.4 Å². The van der Waals surface area contributed by atoms with Gasteiger partial charge in [0.25, 0.3) is 5.88 Å². The Bertz CT molecular complexity index is 951. The molecular weight excluding hydrogens is 402 g/mol.